The zero-order valence-corrected chi connectivity index (χ0v) is 11.4. The second-order valence-corrected chi connectivity index (χ2v) is 5.54. The van der Waals surface area contributed by atoms with E-state index in [4.69, 9.17) is 5.73 Å². The van der Waals surface area contributed by atoms with E-state index in [-0.39, 0.29) is 0 Å². The molecule has 1 aliphatic carbocycles. The predicted molar refractivity (Wildman–Crippen MR) is 78.8 cm³/mol. The largest absolute Gasteiger partial charge is 0.329 e. The molecule has 1 aromatic heterocycles. The Bertz CT molecular complexity index is 557. The number of hydrogen-bond donors (Lipinski definition) is 1. The molecule has 2 aromatic rings. The summed E-state index contributed by atoms with van der Waals surface area (Å²) < 4.78 is 0. The summed E-state index contributed by atoms with van der Waals surface area (Å²) in [6.07, 6.45) is 4.58. The van der Waals surface area contributed by atoms with E-state index in [0.717, 1.165) is 24.5 Å². The lowest BCUT2D eigenvalue weighted by Crippen LogP contribution is -2.39. The molecule has 3 heteroatoms. The molecule has 0 aliphatic heterocycles. The van der Waals surface area contributed by atoms with E-state index in [0.29, 0.717) is 6.04 Å². The quantitative estimate of drug-likeness (QED) is 0.892. The third-order valence-corrected chi connectivity index (χ3v) is 4.13. The Morgan fingerprint density at radius 2 is 2.11 bits per heavy atom. The van der Waals surface area contributed by atoms with Gasteiger partial charge in [0, 0.05) is 30.7 Å². The average molecular weight is 255 g/mol. The zero-order chi connectivity index (χ0) is 13.2. The van der Waals surface area contributed by atoms with Crippen LogP contribution in [0.1, 0.15) is 18.4 Å². The van der Waals surface area contributed by atoms with Gasteiger partial charge in [0.1, 0.15) is 0 Å². The molecule has 1 aromatic carbocycles. The van der Waals surface area contributed by atoms with Crippen molar-refractivity contribution in [1.82, 2.24) is 9.88 Å². The number of fused-ring (bicyclic) bond motifs is 1. The maximum absolute atomic E-state index is 5.93. The number of nitrogens with zero attached hydrogens (tertiary/aromatic N) is 2. The van der Waals surface area contributed by atoms with E-state index in [9.17, 15) is 0 Å². The molecule has 3 nitrogen and oxygen atoms in total. The van der Waals surface area contributed by atoms with Crippen LogP contribution in [0.2, 0.25) is 0 Å². The molecule has 2 N–H and O–H groups in total. The normalized spacial score (nSPS) is 17.0. The topological polar surface area (TPSA) is 42.2 Å². The van der Waals surface area contributed by atoms with Crippen molar-refractivity contribution in [1.29, 1.82) is 0 Å². The molecule has 100 valence electrons. The third-order valence-electron chi connectivity index (χ3n) is 4.13. The number of benzene rings is 1. The van der Waals surface area contributed by atoms with E-state index in [1.54, 1.807) is 0 Å². The Balaban J connectivity index is 1.84. The van der Waals surface area contributed by atoms with Crippen molar-refractivity contribution in [2.75, 3.05) is 13.6 Å². The first-order valence-electron chi connectivity index (χ1n) is 7.02. The van der Waals surface area contributed by atoms with Gasteiger partial charge in [-0.05, 0) is 43.5 Å². The molecule has 1 aliphatic rings. The fourth-order valence-corrected chi connectivity index (χ4v) is 2.89. The van der Waals surface area contributed by atoms with Gasteiger partial charge in [-0.15, -0.1) is 0 Å². The van der Waals surface area contributed by atoms with E-state index >= 15 is 0 Å². The van der Waals surface area contributed by atoms with Gasteiger partial charge in [0.15, 0.2) is 0 Å². The van der Waals surface area contributed by atoms with Crippen LogP contribution in [0, 0.1) is 5.92 Å². The maximum atomic E-state index is 5.93. The Labute approximate surface area is 114 Å². The first-order chi connectivity index (χ1) is 9.29. The predicted octanol–water partition coefficient (Wildman–Crippen LogP) is 2.40. The van der Waals surface area contributed by atoms with Crippen LogP contribution in [-0.4, -0.2) is 29.5 Å². The van der Waals surface area contributed by atoms with Crippen LogP contribution < -0.4 is 5.73 Å². The molecule has 3 rings (SSSR count). The van der Waals surface area contributed by atoms with E-state index in [1.807, 2.05) is 12.3 Å². The monoisotopic (exact) mass is 255 g/mol. The van der Waals surface area contributed by atoms with Gasteiger partial charge in [0.25, 0.3) is 0 Å². The molecule has 0 amide bonds. The number of likely N-dealkylation sites (N-methyl/N-ethyl adjacent to an activating group) is 1. The van der Waals surface area contributed by atoms with E-state index < -0.39 is 0 Å². The van der Waals surface area contributed by atoms with Crippen LogP contribution in [0.25, 0.3) is 10.9 Å². The SMILES string of the molecule is CN(Cc1ccnc2ccccc12)C(CN)C1CC1. The second-order valence-electron chi connectivity index (χ2n) is 5.54. The minimum Gasteiger partial charge on any atom is -0.329 e. The van der Waals surface area contributed by atoms with Crippen molar-refractivity contribution in [2.45, 2.75) is 25.4 Å². The fourth-order valence-electron chi connectivity index (χ4n) is 2.89. The van der Waals surface area contributed by atoms with Gasteiger partial charge in [-0.2, -0.15) is 0 Å². The minimum atomic E-state index is 0.520. The first kappa shape index (κ1) is 12.6. The van der Waals surface area contributed by atoms with Gasteiger partial charge in [-0.1, -0.05) is 18.2 Å². The Morgan fingerprint density at radius 3 is 2.84 bits per heavy atom. The van der Waals surface area contributed by atoms with Crippen molar-refractivity contribution in [3.05, 3.63) is 42.1 Å². The number of pyridine rings is 1. The number of para-hydroxylation sites is 1. The zero-order valence-electron chi connectivity index (χ0n) is 11.4. The molecule has 19 heavy (non-hydrogen) atoms. The number of nitrogens with two attached hydrogens (primary N) is 1. The molecule has 1 saturated carbocycles. The highest BCUT2D eigenvalue weighted by molar-refractivity contribution is 5.81. The summed E-state index contributed by atoms with van der Waals surface area (Å²) in [6.45, 7) is 1.70. The van der Waals surface area contributed by atoms with Gasteiger partial charge >= 0.3 is 0 Å². The summed E-state index contributed by atoms with van der Waals surface area (Å²) in [5, 5.41) is 1.25. The summed E-state index contributed by atoms with van der Waals surface area (Å²) >= 11 is 0. The molecule has 1 unspecified atom stereocenters. The number of aromatic nitrogens is 1. The third kappa shape index (κ3) is 2.62. The number of hydrogen-bond acceptors (Lipinski definition) is 3. The van der Waals surface area contributed by atoms with Gasteiger partial charge in [-0.25, -0.2) is 0 Å². The summed E-state index contributed by atoms with van der Waals surface area (Å²) in [6, 6.07) is 11.0. The molecule has 1 fully saturated rings. The molecule has 1 heterocycles. The molecule has 1 atom stereocenters. The smallest absolute Gasteiger partial charge is 0.0705 e. The van der Waals surface area contributed by atoms with Crippen molar-refractivity contribution < 1.29 is 0 Å². The van der Waals surface area contributed by atoms with Gasteiger partial charge < -0.3 is 5.73 Å². The Morgan fingerprint density at radius 1 is 1.32 bits per heavy atom. The highest BCUT2D eigenvalue weighted by Crippen LogP contribution is 2.35. The Hall–Kier alpha value is -1.45. The molecule has 0 saturated heterocycles. The summed E-state index contributed by atoms with van der Waals surface area (Å²) in [7, 11) is 2.19. The van der Waals surface area contributed by atoms with Crippen LogP contribution in [-0.2, 0) is 6.54 Å². The van der Waals surface area contributed by atoms with Crippen molar-refractivity contribution in [3.8, 4) is 0 Å². The standard InChI is InChI=1S/C16H21N3/c1-19(16(10-17)12-6-7-12)11-13-8-9-18-15-5-3-2-4-14(13)15/h2-5,8-9,12,16H,6-7,10-11,17H2,1H3. The highest BCUT2D eigenvalue weighted by Gasteiger charge is 2.32. The number of rotatable bonds is 5. The Kier molecular flexibility index (Phi) is 3.49. The minimum absolute atomic E-state index is 0.520. The molecule has 0 radical (unpaired) electrons. The molecule has 0 bridgehead atoms. The van der Waals surface area contributed by atoms with Crippen LogP contribution in [0.4, 0.5) is 0 Å². The van der Waals surface area contributed by atoms with Gasteiger partial charge in [0.05, 0.1) is 5.52 Å². The summed E-state index contributed by atoms with van der Waals surface area (Å²) in [5.41, 5.74) is 8.34. The van der Waals surface area contributed by atoms with Crippen LogP contribution >= 0.6 is 0 Å². The highest BCUT2D eigenvalue weighted by atomic mass is 15.1. The molecular formula is C16H21N3. The van der Waals surface area contributed by atoms with Crippen molar-refractivity contribution >= 4 is 10.9 Å². The van der Waals surface area contributed by atoms with E-state index in [2.05, 4.69) is 41.2 Å². The van der Waals surface area contributed by atoms with Crippen LogP contribution in [0.15, 0.2) is 36.5 Å². The molecule has 0 spiro atoms. The second kappa shape index (κ2) is 5.27. The lowest BCUT2D eigenvalue weighted by molar-refractivity contribution is 0.216. The van der Waals surface area contributed by atoms with Gasteiger partial charge in [-0.3, -0.25) is 9.88 Å². The fraction of sp³-hybridized carbons (Fsp3) is 0.438. The average Bonchev–Trinajstić information content (AvgIpc) is 3.25. The maximum Gasteiger partial charge on any atom is 0.0705 e. The van der Waals surface area contributed by atoms with Crippen molar-refractivity contribution in [3.63, 3.8) is 0 Å². The summed E-state index contributed by atoms with van der Waals surface area (Å²) in [4.78, 5) is 6.82. The first-order valence-corrected chi connectivity index (χ1v) is 7.02. The van der Waals surface area contributed by atoms with Crippen LogP contribution in [0.3, 0.4) is 0 Å². The van der Waals surface area contributed by atoms with Crippen molar-refractivity contribution in [2.24, 2.45) is 11.7 Å². The molecular weight excluding hydrogens is 234 g/mol. The van der Waals surface area contributed by atoms with Gasteiger partial charge in [0.2, 0.25) is 0 Å². The van der Waals surface area contributed by atoms with Crippen LogP contribution in [0.5, 0.6) is 0 Å². The lowest BCUT2D eigenvalue weighted by Gasteiger charge is -2.27. The summed E-state index contributed by atoms with van der Waals surface area (Å²) in [5.74, 6) is 0.808. The lowest BCUT2D eigenvalue weighted by atomic mass is 10.1. The van der Waals surface area contributed by atoms with E-state index in [1.165, 1.54) is 23.8 Å².